The Bertz CT molecular complexity index is 1090. The molecule has 0 radical (unpaired) electrons. The molecule has 0 amide bonds. The molecule has 3 aromatic heterocycles. The Morgan fingerprint density at radius 1 is 1.11 bits per heavy atom. The summed E-state index contributed by atoms with van der Waals surface area (Å²) in [6.45, 7) is 0.408. The van der Waals surface area contributed by atoms with E-state index in [4.69, 9.17) is 5.11 Å². The predicted molar refractivity (Wildman–Crippen MR) is 93.4 cm³/mol. The van der Waals surface area contributed by atoms with E-state index in [-0.39, 0.29) is 18.7 Å². The summed E-state index contributed by atoms with van der Waals surface area (Å²) in [7, 11) is 0. The van der Waals surface area contributed by atoms with Crippen LogP contribution in [0.5, 0.6) is 0 Å². The molecule has 2 N–H and O–H groups in total. The van der Waals surface area contributed by atoms with Gasteiger partial charge in [0.05, 0.1) is 43.2 Å². The molecular formula is C17H15F2N7O. The van der Waals surface area contributed by atoms with Crippen LogP contribution in [0.4, 0.5) is 20.4 Å². The number of fused-ring (bicyclic) bond motifs is 1. The van der Waals surface area contributed by atoms with Gasteiger partial charge in [0, 0.05) is 18.0 Å². The molecule has 0 aliphatic heterocycles. The van der Waals surface area contributed by atoms with Gasteiger partial charge in [0.25, 0.3) is 0 Å². The number of halogens is 2. The number of hydrogen-bond acceptors (Lipinski definition) is 6. The third-order valence-corrected chi connectivity index (χ3v) is 3.92. The van der Waals surface area contributed by atoms with Crippen molar-refractivity contribution in [3.63, 3.8) is 0 Å². The Kier molecular flexibility index (Phi) is 4.47. The SMILES string of the molecule is OCCn1cc(Nc2ncc3cnn(Cc4cc(F)ccc4F)c3n2)cn1. The maximum absolute atomic E-state index is 13.9. The van der Waals surface area contributed by atoms with Crippen molar-refractivity contribution < 1.29 is 13.9 Å². The summed E-state index contributed by atoms with van der Waals surface area (Å²) >= 11 is 0. The van der Waals surface area contributed by atoms with Crippen LogP contribution < -0.4 is 5.32 Å². The number of hydrogen-bond donors (Lipinski definition) is 2. The second kappa shape index (κ2) is 7.08. The zero-order valence-corrected chi connectivity index (χ0v) is 14.0. The van der Waals surface area contributed by atoms with Crippen LogP contribution in [-0.2, 0) is 13.1 Å². The molecule has 0 atom stereocenters. The molecule has 4 rings (SSSR count). The van der Waals surface area contributed by atoms with E-state index in [2.05, 4.69) is 25.5 Å². The van der Waals surface area contributed by atoms with Crippen LogP contribution >= 0.6 is 0 Å². The zero-order valence-electron chi connectivity index (χ0n) is 14.0. The number of anilines is 2. The minimum absolute atomic E-state index is 0.0145. The van der Waals surface area contributed by atoms with E-state index in [1.807, 2.05) is 0 Å². The first-order valence-corrected chi connectivity index (χ1v) is 8.15. The van der Waals surface area contributed by atoms with E-state index in [1.165, 1.54) is 4.68 Å². The van der Waals surface area contributed by atoms with Gasteiger partial charge in [-0.1, -0.05) is 0 Å². The van der Waals surface area contributed by atoms with Crippen molar-refractivity contribution in [1.29, 1.82) is 0 Å². The van der Waals surface area contributed by atoms with E-state index in [0.29, 0.717) is 29.2 Å². The number of aliphatic hydroxyl groups excluding tert-OH is 1. The van der Waals surface area contributed by atoms with Crippen LogP contribution in [0.15, 0.2) is 43.0 Å². The van der Waals surface area contributed by atoms with Crippen LogP contribution in [0.3, 0.4) is 0 Å². The van der Waals surface area contributed by atoms with E-state index < -0.39 is 11.6 Å². The van der Waals surface area contributed by atoms with Crippen LogP contribution in [0.1, 0.15) is 5.56 Å². The summed E-state index contributed by atoms with van der Waals surface area (Å²) in [6, 6.07) is 3.29. The Hall–Kier alpha value is -3.40. The van der Waals surface area contributed by atoms with E-state index in [9.17, 15) is 8.78 Å². The topological polar surface area (TPSA) is 93.7 Å². The molecule has 1 aromatic carbocycles. The molecule has 10 heteroatoms. The first-order valence-electron chi connectivity index (χ1n) is 8.15. The van der Waals surface area contributed by atoms with E-state index >= 15 is 0 Å². The third kappa shape index (κ3) is 3.60. The summed E-state index contributed by atoms with van der Waals surface area (Å²) in [5.74, 6) is -0.712. The fraction of sp³-hybridized carbons (Fsp3) is 0.176. The van der Waals surface area contributed by atoms with Gasteiger partial charge in [0.2, 0.25) is 5.95 Å². The summed E-state index contributed by atoms with van der Waals surface area (Å²) in [5, 5.41) is 20.9. The highest BCUT2D eigenvalue weighted by molar-refractivity contribution is 5.75. The maximum atomic E-state index is 13.9. The molecule has 0 aliphatic carbocycles. The highest BCUT2D eigenvalue weighted by atomic mass is 19.1. The lowest BCUT2D eigenvalue weighted by Crippen LogP contribution is -2.06. The van der Waals surface area contributed by atoms with Crippen molar-refractivity contribution in [2.24, 2.45) is 0 Å². The van der Waals surface area contributed by atoms with Crippen molar-refractivity contribution in [2.45, 2.75) is 13.1 Å². The summed E-state index contributed by atoms with van der Waals surface area (Å²) in [6.07, 6.45) is 6.45. The average molecular weight is 371 g/mol. The number of aromatic nitrogens is 6. The highest BCUT2D eigenvalue weighted by Gasteiger charge is 2.11. The lowest BCUT2D eigenvalue weighted by molar-refractivity contribution is 0.269. The smallest absolute Gasteiger partial charge is 0.229 e. The van der Waals surface area contributed by atoms with Crippen molar-refractivity contribution in [1.82, 2.24) is 29.5 Å². The number of nitrogens with one attached hydrogen (secondary N) is 1. The zero-order chi connectivity index (χ0) is 18.8. The van der Waals surface area contributed by atoms with E-state index in [0.717, 1.165) is 18.2 Å². The minimum atomic E-state index is -0.514. The van der Waals surface area contributed by atoms with Crippen LogP contribution in [0, 0.1) is 11.6 Å². The standard InChI is InChI=1S/C17H15F2N7O/c18-13-1-2-15(19)11(5-13)9-26-16-12(7-22-26)6-20-17(24-16)23-14-8-21-25(10-14)3-4-27/h1-2,5-8,10,27H,3-4,9H2,(H,20,23,24). The molecule has 0 bridgehead atoms. The van der Waals surface area contributed by atoms with Gasteiger partial charge in [-0.3, -0.25) is 4.68 Å². The third-order valence-electron chi connectivity index (χ3n) is 3.92. The minimum Gasteiger partial charge on any atom is -0.394 e. The fourth-order valence-electron chi connectivity index (χ4n) is 2.65. The van der Waals surface area contributed by atoms with Gasteiger partial charge in [-0.05, 0) is 18.2 Å². The van der Waals surface area contributed by atoms with Gasteiger partial charge in [0.1, 0.15) is 11.6 Å². The molecule has 0 spiro atoms. The average Bonchev–Trinajstić information content (AvgIpc) is 3.26. The molecule has 0 unspecified atom stereocenters. The molecule has 0 fully saturated rings. The summed E-state index contributed by atoms with van der Waals surface area (Å²) in [5.41, 5.74) is 1.32. The van der Waals surface area contributed by atoms with Gasteiger partial charge in [-0.15, -0.1) is 0 Å². The van der Waals surface area contributed by atoms with Gasteiger partial charge < -0.3 is 10.4 Å². The number of aliphatic hydroxyl groups is 1. The Morgan fingerprint density at radius 3 is 2.85 bits per heavy atom. The van der Waals surface area contributed by atoms with Gasteiger partial charge in [0.15, 0.2) is 5.65 Å². The molecular weight excluding hydrogens is 356 g/mol. The molecule has 0 saturated carbocycles. The Balaban J connectivity index is 1.61. The second-order valence-corrected chi connectivity index (χ2v) is 5.85. The van der Waals surface area contributed by atoms with Gasteiger partial charge >= 0.3 is 0 Å². The van der Waals surface area contributed by atoms with Gasteiger partial charge in [-0.2, -0.15) is 15.2 Å². The largest absolute Gasteiger partial charge is 0.394 e. The van der Waals surface area contributed by atoms with Gasteiger partial charge in [-0.25, -0.2) is 18.4 Å². The normalized spacial score (nSPS) is 11.2. The number of benzene rings is 1. The maximum Gasteiger partial charge on any atom is 0.229 e. The van der Waals surface area contributed by atoms with Crippen LogP contribution in [0.2, 0.25) is 0 Å². The molecule has 8 nitrogen and oxygen atoms in total. The first-order chi connectivity index (χ1) is 13.1. The van der Waals surface area contributed by atoms with Crippen molar-refractivity contribution in [2.75, 3.05) is 11.9 Å². The molecule has 3 heterocycles. The van der Waals surface area contributed by atoms with Crippen LogP contribution in [0.25, 0.3) is 11.0 Å². The summed E-state index contributed by atoms with van der Waals surface area (Å²) in [4.78, 5) is 8.62. The molecule has 0 saturated heterocycles. The lowest BCUT2D eigenvalue weighted by atomic mass is 10.2. The second-order valence-electron chi connectivity index (χ2n) is 5.85. The van der Waals surface area contributed by atoms with Crippen LogP contribution in [-0.4, -0.2) is 41.2 Å². The quantitative estimate of drug-likeness (QED) is 0.539. The molecule has 27 heavy (non-hydrogen) atoms. The number of rotatable bonds is 6. The Labute approximate surface area is 152 Å². The molecule has 0 aliphatic rings. The molecule has 4 aromatic rings. The first kappa shape index (κ1) is 17.0. The number of nitrogens with zero attached hydrogens (tertiary/aromatic N) is 6. The van der Waals surface area contributed by atoms with Crippen molar-refractivity contribution in [3.8, 4) is 0 Å². The monoisotopic (exact) mass is 371 g/mol. The Morgan fingerprint density at radius 2 is 2.00 bits per heavy atom. The lowest BCUT2D eigenvalue weighted by Gasteiger charge is -2.06. The predicted octanol–water partition coefficient (Wildman–Crippen LogP) is 2.09. The van der Waals surface area contributed by atoms with Crippen molar-refractivity contribution in [3.05, 3.63) is 60.2 Å². The summed E-state index contributed by atoms with van der Waals surface area (Å²) < 4.78 is 30.4. The highest BCUT2D eigenvalue weighted by Crippen LogP contribution is 2.18. The molecule has 138 valence electrons. The fourth-order valence-corrected chi connectivity index (χ4v) is 2.65. The van der Waals surface area contributed by atoms with Crippen molar-refractivity contribution >= 4 is 22.7 Å². The van der Waals surface area contributed by atoms with E-state index in [1.54, 1.807) is 29.5 Å².